The normalized spacial score (nSPS) is 13.3. The molecule has 5 nitrogen and oxygen atoms in total. The fourth-order valence-electron chi connectivity index (χ4n) is 7.34. The number of hydrogen-bond acceptors (Lipinski definition) is 5. The Balaban J connectivity index is 1.18. The molecule has 11 aromatic rings. The van der Waals surface area contributed by atoms with Crippen LogP contribution in [0.25, 0.3) is 104 Å². The summed E-state index contributed by atoms with van der Waals surface area (Å²) < 4.78 is 54.0. The van der Waals surface area contributed by atoms with Gasteiger partial charge in [0.2, 0.25) is 0 Å². The summed E-state index contributed by atoms with van der Waals surface area (Å²) in [5.74, 6) is 0.514. The van der Waals surface area contributed by atoms with E-state index >= 15 is 0 Å². The fourth-order valence-corrected chi connectivity index (χ4v) is 8.42. The van der Waals surface area contributed by atoms with Gasteiger partial charge in [-0.3, -0.25) is 0 Å². The minimum absolute atomic E-state index is 0.0312. The molecule has 11 rings (SSSR count). The van der Waals surface area contributed by atoms with Gasteiger partial charge >= 0.3 is 0 Å². The molecule has 0 aliphatic carbocycles. The molecule has 6 heteroatoms. The van der Waals surface area contributed by atoms with Gasteiger partial charge in [-0.25, -0.2) is 15.0 Å². The quantitative estimate of drug-likeness (QED) is 0.186. The number of thiophene rings is 1. The molecule has 0 saturated carbocycles. The van der Waals surface area contributed by atoms with Crippen LogP contribution in [0, 0.1) is 0 Å². The molecule has 7 aromatic carbocycles. The Morgan fingerprint density at radius 3 is 1.98 bits per heavy atom. The van der Waals surface area contributed by atoms with E-state index in [-0.39, 0.29) is 17.2 Å². The van der Waals surface area contributed by atoms with Gasteiger partial charge in [0, 0.05) is 47.5 Å². The highest BCUT2D eigenvalue weighted by molar-refractivity contribution is 7.25. The highest BCUT2D eigenvalue weighted by Gasteiger charge is 2.21. The van der Waals surface area contributed by atoms with Crippen LogP contribution in [0.5, 0.6) is 0 Å². The minimum Gasteiger partial charge on any atom is -0.455 e. The minimum atomic E-state index is -0.487. The van der Waals surface area contributed by atoms with E-state index in [0.29, 0.717) is 28.1 Å². The van der Waals surface area contributed by atoms with Crippen molar-refractivity contribution in [2.75, 3.05) is 0 Å². The summed E-state index contributed by atoms with van der Waals surface area (Å²) in [5.41, 5.74) is 5.52. The van der Waals surface area contributed by atoms with Gasteiger partial charge in [-0.1, -0.05) is 103 Å². The number of benzene rings is 7. The third-order valence-corrected chi connectivity index (χ3v) is 10.7. The first-order valence-electron chi connectivity index (χ1n) is 19.0. The maximum atomic E-state index is 8.82. The molecule has 0 aliphatic heterocycles. The average molecular weight is 676 g/mol. The molecule has 238 valence electrons. The van der Waals surface area contributed by atoms with Crippen LogP contribution in [0.2, 0.25) is 0 Å². The van der Waals surface area contributed by atoms with Gasteiger partial charge in [0.05, 0.1) is 34.5 Å². The lowest BCUT2D eigenvalue weighted by Gasteiger charge is -2.10. The first-order valence-corrected chi connectivity index (χ1v) is 17.4. The van der Waals surface area contributed by atoms with Crippen molar-refractivity contribution in [3.05, 3.63) is 158 Å². The number of nitrogens with zero attached hydrogens (tertiary/aromatic N) is 4. The van der Waals surface area contributed by atoms with Crippen LogP contribution >= 0.6 is 11.3 Å². The van der Waals surface area contributed by atoms with Crippen LogP contribution in [0.4, 0.5) is 0 Å². The maximum absolute atomic E-state index is 8.82. The molecule has 51 heavy (non-hydrogen) atoms. The summed E-state index contributed by atoms with van der Waals surface area (Å²) >= 11 is 1.70. The monoisotopic (exact) mass is 675 g/mol. The van der Waals surface area contributed by atoms with E-state index in [1.807, 2.05) is 72.8 Å². The fraction of sp³-hybridized carbons (Fsp3) is 0. The average Bonchev–Trinajstić information content (AvgIpc) is 3.91. The zero-order valence-corrected chi connectivity index (χ0v) is 27.5. The lowest BCUT2D eigenvalue weighted by atomic mass is 10.1. The van der Waals surface area contributed by atoms with Gasteiger partial charge in [0.25, 0.3) is 0 Å². The number of rotatable bonds is 4. The second-order valence-electron chi connectivity index (χ2n) is 12.4. The van der Waals surface area contributed by atoms with E-state index in [1.54, 1.807) is 11.3 Å². The Kier molecular flexibility index (Phi) is 5.08. The SMILES string of the molecule is [2H]c1c([2H])c([2H])c(-c2nc(-c3ccc4sc5ccccc5c4c3)nc(-c3cccc4c3oc3cccc(-n5c6ccccc6c6ccccc65)c34)n2)c([2H])c1[2H]. The molecule has 0 saturated heterocycles. The number of furan rings is 1. The van der Waals surface area contributed by atoms with Gasteiger partial charge < -0.3 is 8.98 Å². The first kappa shape index (κ1) is 23.7. The molecule has 0 spiro atoms. The second kappa shape index (κ2) is 10.9. The Labute approximate surface area is 302 Å². The van der Waals surface area contributed by atoms with Crippen molar-refractivity contribution in [2.24, 2.45) is 0 Å². The zero-order chi connectivity index (χ0) is 37.8. The van der Waals surface area contributed by atoms with Gasteiger partial charge in [-0.2, -0.15) is 0 Å². The molecule has 0 radical (unpaired) electrons. The Morgan fingerprint density at radius 1 is 0.529 bits per heavy atom. The van der Waals surface area contributed by atoms with Crippen LogP contribution in [-0.4, -0.2) is 19.5 Å². The second-order valence-corrected chi connectivity index (χ2v) is 13.5. The number of fused-ring (bicyclic) bond motifs is 9. The van der Waals surface area contributed by atoms with Crippen LogP contribution in [0.3, 0.4) is 0 Å². The van der Waals surface area contributed by atoms with Gasteiger partial charge in [0.1, 0.15) is 11.2 Å². The van der Waals surface area contributed by atoms with E-state index in [2.05, 4.69) is 59.2 Å². The van der Waals surface area contributed by atoms with Crippen LogP contribution in [0.15, 0.2) is 162 Å². The molecule has 0 fully saturated rings. The van der Waals surface area contributed by atoms with E-state index in [9.17, 15) is 0 Å². The Bertz CT molecular complexity index is 3380. The third kappa shape index (κ3) is 4.30. The Morgan fingerprint density at radius 2 is 1.18 bits per heavy atom. The van der Waals surface area contributed by atoms with Crippen molar-refractivity contribution in [1.29, 1.82) is 0 Å². The summed E-state index contributed by atoms with van der Waals surface area (Å²) in [6.45, 7) is 0. The predicted octanol–water partition coefficient (Wildman–Crippen LogP) is 12.2. The first-order chi connectivity index (χ1) is 27.4. The van der Waals surface area contributed by atoms with Crippen molar-refractivity contribution in [3.8, 4) is 39.9 Å². The summed E-state index contributed by atoms with van der Waals surface area (Å²) in [6, 6.07) is 40.7. The molecule has 0 bridgehead atoms. The van der Waals surface area contributed by atoms with Crippen molar-refractivity contribution in [2.45, 2.75) is 0 Å². The molecular weight excluding hydrogens is 645 g/mol. The highest BCUT2D eigenvalue weighted by Crippen LogP contribution is 2.42. The lowest BCUT2D eigenvalue weighted by molar-refractivity contribution is 0.669. The molecule has 0 atom stereocenters. The summed E-state index contributed by atoms with van der Waals surface area (Å²) in [4.78, 5) is 14.7. The highest BCUT2D eigenvalue weighted by atomic mass is 32.1. The summed E-state index contributed by atoms with van der Waals surface area (Å²) in [6.07, 6.45) is 0. The summed E-state index contributed by atoms with van der Waals surface area (Å²) in [7, 11) is 0. The van der Waals surface area contributed by atoms with Gasteiger partial charge in [-0.15, -0.1) is 11.3 Å². The number of hydrogen-bond donors (Lipinski definition) is 0. The Hall–Kier alpha value is -6.63. The molecule has 0 unspecified atom stereocenters. The molecule has 4 aromatic heterocycles. The number of aromatic nitrogens is 4. The van der Waals surface area contributed by atoms with Crippen LogP contribution in [0.1, 0.15) is 6.85 Å². The van der Waals surface area contributed by atoms with Crippen LogP contribution in [-0.2, 0) is 0 Å². The smallest absolute Gasteiger partial charge is 0.167 e. The van der Waals surface area contributed by atoms with Crippen molar-refractivity contribution in [3.63, 3.8) is 0 Å². The predicted molar refractivity (Wildman–Crippen MR) is 211 cm³/mol. The lowest BCUT2D eigenvalue weighted by Crippen LogP contribution is -2.00. The van der Waals surface area contributed by atoms with Gasteiger partial charge in [-0.05, 0) is 54.6 Å². The standard InChI is InChI=1S/C45H26N4OS/c1-2-12-27(13-3-1)43-46-44(28-24-25-40-34(26-28)31-16-6-9-23-39(31)51-40)48-45(47-43)33-18-10-17-32-41-37(21-11-22-38(41)50-42(32)33)49-35-19-7-4-14-29(35)30-15-5-8-20-36(30)49/h1-26H/i1D,2D,3D,12D,13D. The van der Waals surface area contributed by atoms with Crippen LogP contribution < -0.4 is 0 Å². The third-order valence-electron chi connectivity index (χ3n) is 9.56. The van der Waals surface area contributed by atoms with Crippen molar-refractivity contribution >= 4 is 75.3 Å². The van der Waals surface area contributed by atoms with Gasteiger partial charge in [0.15, 0.2) is 17.5 Å². The molecule has 0 aliphatic rings. The molecule has 4 heterocycles. The van der Waals surface area contributed by atoms with E-state index in [4.69, 9.17) is 26.2 Å². The maximum Gasteiger partial charge on any atom is 0.167 e. The summed E-state index contributed by atoms with van der Waals surface area (Å²) in [5, 5.41) is 6.24. The van der Waals surface area contributed by atoms with Crippen molar-refractivity contribution < 1.29 is 11.3 Å². The number of para-hydroxylation sites is 3. The van der Waals surface area contributed by atoms with E-state index < -0.39 is 30.2 Å². The molecule has 0 amide bonds. The molecular formula is C45H26N4OS. The van der Waals surface area contributed by atoms with E-state index in [1.165, 1.54) is 0 Å². The zero-order valence-electron chi connectivity index (χ0n) is 31.7. The largest absolute Gasteiger partial charge is 0.455 e. The van der Waals surface area contributed by atoms with E-state index in [0.717, 1.165) is 58.4 Å². The topological polar surface area (TPSA) is 56.7 Å². The molecule has 0 N–H and O–H groups in total. The van der Waals surface area contributed by atoms with Crippen molar-refractivity contribution in [1.82, 2.24) is 19.5 Å².